The van der Waals surface area contributed by atoms with Crippen LogP contribution in [0, 0.1) is 0 Å². The van der Waals surface area contributed by atoms with Crippen LogP contribution in [0.25, 0.3) is 0 Å². The van der Waals surface area contributed by atoms with Gasteiger partial charge in [0.2, 0.25) is 5.91 Å². The van der Waals surface area contributed by atoms with Crippen molar-refractivity contribution in [3.05, 3.63) is 0 Å². The molecule has 0 bridgehead atoms. The number of aliphatic carboxylic acids is 1. The molecule has 96 valence electrons. The molecule has 3 N–H and O–H groups in total. The normalized spacial score (nSPS) is 18.4. The van der Waals surface area contributed by atoms with E-state index >= 15 is 0 Å². The number of imide groups is 1. The summed E-state index contributed by atoms with van der Waals surface area (Å²) < 4.78 is 0. The van der Waals surface area contributed by atoms with Crippen LogP contribution in [0.3, 0.4) is 0 Å². The fourth-order valence-electron chi connectivity index (χ4n) is 2.25. The lowest BCUT2D eigenvalue weighted by Gasteiger charge is -2.36. The van der Waals surface area contributed by atoms with Crippen LogP contribution in [0.4, 0.5) is 0 Å². The van der Waals surface area contributed by atoms with Crippen molar-refractivity contribution < 1.29 is 19.5 Å². The topological polar surface area (TPSA) is 95.5 Å². The second-order valence-corrected chi connectivity index (χ2v) is 4.26. The predicted octanol–water partition coefficient (Wildman–Crippen LogP) is 0.0262. The van der Waals surface area contributed by atoms with Crippen LogP contribution in [0.1, 0.15) is 39.0 Å². The van der Waals surface area contributed by atoms with Crippen LogP contribution in [0.2, 0.25) is 0 Å². The van der Waals surface area contributed by atoms with E-state index in [0.29, 0.717) is 19.4 Å². The molecule has 0 aromatic rings. The first-order valence-corrected chi connectivity index (χ1v) is 5.85. The largest absolute Gasteiger partial charge is 0.474 e. The van der Waals surface area contributed by atoms with Crippen molar-refractivity contribution in [2.75, 3.05) is 6.54 Å². The highest BCUT2D eigenvalue weighted by molar-refractivity contribution is 6.35. The molecule has 6 nitrogen and oxygen atoms in total. The predicted molar refractivity (Wildman–Crippen MR) is 60.3 cm³/mol. The third kappa shape index (κ3) is 3.26. The monoisotopic (exact) mass is 242 g/mol. The molecule has 1 rings (SSSR count). The number of hydrogen-bond donors (Lipinski definition) is 3. The van der Waals surface area contributed by atoms with E-state index in [-0.39, 0.29) is 0 Å². The third-order valence-corrected chi connectivity index (χ3v) is 3.08. The molecule has 1 fully saturated rings. The Bertz CT molecular complexity index is 316. The fourth-order valence-corrected chi connectivity index (χ4v) is 2.25. The molecule has 2 amide bonds. The minimum atomic E-state index is -1.64. The maximum atomic E-state index is 12.0. The molecule has 0 spiro atoms. The Morgan fingerprint density at radius 1 is 1.18 bits per heavy atom. The van der Waals surface area contributed by atoms with Crippen LogP contribution >= 0.6 is 0 Å². The number of carbonyl (C=O) groups is 3. The van der Waals surface area contributed by atoms with Crippen molar-refractivity contribution in [1.29, 1.82) is 0 Å². The molecule has 17 heavy (non-hydrogen) atoms. The van der Waals surface area contributed by atoms with Gasteiger partial charge in [0.1, 0.15) is 0 Å². The van der Waals surface area contributed by atoms with E-state index in [4.69, 9.17) is 5.11 Å². The third-order valence-electron chi connectivity index (χ3n) is 3.08. The smallest absolute Gasteiger partial charge is 0.394 e. The van der Waals surface area contributed by atoms with E-state index in [0.717, 1.165) is 19.3 Å². The van der Waals surface area contributed by atoms with Gasteiger partial charge in [-0.2, -0.15) is 0 Å². The highest BCUT2D eigenvalue weighted by Gasteiger charge is 2.39. The van der Waals surface area contributed by atoms with Gasteiger partial charge in [-0.15, -0.1) is 0 Å². The molecular formula is C11H18N2O4. The molecule has 0 radical (unpaired) electrons. The van der Waals surface area contributed by atoms with Gasteiger partial charge in [-0.3, -0.25) is 14.9 Å². The van der Waals surface area contributed by atoms with Gasteiger partial charge in [-0.25, -0.2) is 4.79 Å². The summed E-state index contributed by atoms with van der Waals surface area (Å²) in [5.74, 6) is -3.43. The van der Waals surface area contributed by atoms with Gasteiger partial charge in [-0.05, 0) is 19.4 Å². The van der Waals surface area contributed by atoms with Gasteiger partial charge in [0.05, 0.1) is 5.54 Å². The summed E-state index contributed by atoms with van der Waals surface area (Å²) in [5.41, 5.74) is -0.780. The van der Waals surface area contributed by atoms with Gasteiger partial charge < -0.3 is 10.4 Å². The number of likely N-dealkylation sites (N-methyl/N-ethyl adjacent to an activating group) is 1. The molecule has 0 atom stereocenters. The second-order valence-electron chi connectivity index (χ2n) is 4.26. The van der Waals surface area contributed by atoms with Crippen molar-refractivity contribution in [1.82, 2.24) is 10.6 Å². The summed E-state index contributed by atoms with van der Waals surface area (Å²) in [6.07, 6.45) is 4.15. The number of rotatable bonds is 3. The minimum absolute atomic E-state index is 0.522. The van der Waals surface area contributed by atoms with Gasteiger partial charge in [0, 0.05) is 0 Å². The molecule has 0 aliphatic heterocycles. The fraction of sp³-hybridized carbons (Fsp3) is 0.727. The summed E-state index contributed by atoms with van der Waals surface area (Å²) in [6.45, 7) is 2.48. The van der Waals surface area contributed by atoms with Crippen molar-refractivity contribution in [2.45, 2.75) is 44.6 Å². The standard InChI is InChI=1S/C11H18N2O4/c1-2-12-11(6-4-3-5-7-11)10(17)13-8(14)9(15)16/h12H,2-7H2,1H3,(H,15,16)(H,13,14,17). The Morgan fingerprint density at radius 2 is 1.76 bits per heavy atom. The number of carboxylic acids is 1. The quantitative estimate of drug-likeness (QED) is 0.607. The zero-order valence-electron chi connectivity index (χ0n) is 9.91. The first kappa shape index (κ1) is 13.6. The molecule has 1 aliphatic carbocycles. The van der Waals surface area contributed by atoms with E-state index in [1.165, 1.54) is 0 Å². The van der Waals surface area contributed by atoms with Gasteiger partial charge >= 0.3 is 11.9 Å². The van der Waals surface area contributed by atoms with Crippen molar-refractivity contribution in [3.63, 3.8) is 0 Å². The lowest BCUT2D eigenvalue weighted by Crippen LogP contribution is -2.59. The Balaban J connectivity index is 2.72. The van der Waals surface area contributed by atoms with Crippen LogP contribution in [0.5, 0.6) is 0 Å². The van der Waals surface area contributed by atoms with Gasteiger partial charge in [0.15, 0.2) is 0 Å². The first-order valence-electron chi connectivity index (χ1n) is 5.85. The lowest BCUT2D eigenvalue weighted by atomic mass is 9.81. The Labute approximate surface area is 99.8 Å². The van der Waals surface area contributed by atoms with Crippen LogP contribution < -0.4 is 10.6 Å². The highest BCUT2D eigenvalue weighted by Crippen LogP contribution is 2.28. The first-order chi connectivity index (χ1) is 8.02. The van der Waals surface area contributed by atoms with Crippen LogP contribution in [-0.2, 0) is 14.4 Å². The molecular weight excluding hydrogens is 224 g/mol. The summed E-state index contributed by atoms with van der Waals surface area (Å²) in [4.78, 5) is 33.3. The van der Waals surface area contributed by atoms with E-state index < -0.39 is 23.3 Å². The van der Waals surface area contributed by atoms with E-state index in [9.17, 15) is 14.4 Å². The van der Waals surface area contributed by atoms with Gasteiger partial charge in [0.25, 0.3) is 0 Å². The molecule has 0 aromatic carbocycles. The Morgan fingerprint density at radius 3 is 2.24 bits per heavy atom. The second kappa shape index (κ2) is 5.77. The number of carboxylic acid groups (broad SMARTS) is 1. The summed E-state index contributed by atoms with van der Waals surface area (Å²) in [6, 6.07) is 0. The molecule has 0 saturated heterocycles. The summed E-state index contributed by atoms with van der Waals surface area (Å²) in [7, 11) is 0. The molecule has 0 heterocycles. The van der Waals surface area contributed by atoms with Crippen molar-refractivity contribution in [3.8, 4) is 0 Å². The number of nitrogens with one attached hydrogen (secondary N) is 2. The van der Waals surface area contributed by atoms with E-state index in [1.807, 2.05) is 12.2 Å². The maximum absolute atomic E-state index is 12.0. The summed E-state index contributed by atoms with van der Waals surface area (Å²) >= 11 is 0. The Kier molecular flexibility index (Phi) is 4.62. The lowest BCUT2D eigenvalue weighted by molar-refractivity contribution is -0.152. The molecule has 6 heteroatoms. The Hall–Kier alpha value is -1.43. The van der Waals surface area contributed by atoms with E-state index in [2.05, 4.69) is 5.32 Å². The summed E-state index contributed by atoms with van der Waals surface area (Å²) in [5, 5.41) is 13.5. The molecule has 1 aliphatic rings. The number of carbonyl (C=O) groups excluding carboxylic acids is 2. The average Bonchev–Trinajstić information content (AvgIpc) is 2.30. The number of amides is 2. The zero-order chi connectivity index (χ0) is 12.9. The number of hydrogen-bond acceptors (Lipinski definition) is 4. The highest BCUT2D eigenvalue weighted by atomic mass is 16.4. The van der Waals surface area contributed by atoms with Crippen molar-refractivity contribution >= 4 is 17.8 Å². The van der Waals surface area contributed by atoms with Crippen LogP contribution in [0.15, 0.2) is 0 Å². The zero-order valence-corrected chi connectivity index (χ0v) is 9.91. The molecule has 0 unspecified atom stereocenters. The van der Waals surface area contributed by atoms with E-state index in [1.54, 1.807) is 0 Å². The molecule has 0 aromatic heterocycles. The van der Waals surface area contributed by atoms with Gasteiger partial charge in [-0.1, -0.05) is 26.2 Å². The maximum Gasteiger partial charge on any atom is 0.394 e. The SMILES string of the molecule is CCNC1(C(=O)NC(=O)C(=O)O)CCCCC1. The average molecular weight is 242 g/mol. The van der Waals surface area contributed by atoms with Crippen LogP contribution in [-0.4, -0.2) is 35.0 Å². The minimum Gasteiger partial charge on any atom is -0.474 e. The molecule has 1 saturated carbocycles. The van der Waals surface area contributed by atoms with Crippen molar-refractivity contribution in [2.24, 2.45) is 0 Å².